The lowest BCUT2D eigenvalue weighted by atomic mass is 9.97. The molecule has 152 valence electrons. The molecule has 2 N–H and O–H groups in total. The minimum atomic E-state index is -4.52. The normalized spacial score (nSPS) is 27.1. The minimum absolute atomic E-state index is 0.110. The number of aliphatic imine (C=N–C) groups is 1. The highest BCUT2D eigenvalue weighted by Gasteiger charge is 2.37. The fourth-order valence-corrected chi connectivity index (χ4v) is 4.40. The number of hydrogen-bond acceptors (Lipinski definition) is 5. The first-order valence-corrected chi connectivity index (χ1v) is 9.65. The van der Waals surface area contributed by atoms with Gasteiger partial charge >= 0.3 is 6.18 Å². The van der Waals surface area contributed by atoms with Gasteiger partial charge in [-0.25, -0.2) is 4.98 Å². The minimum Gasteiger partial charge on any atom is -0.375 e. The Morgan fingerprint density at radius 3 is 2.69 bits per heavy atom. The average molecular weight is 403 g/mol. The van der Waals surface area contributed by atoms with E-state index in [2.05, 4.69) is 32.1 Å². The lowest BCUT2D eigenvalue weighted by molar-refractivity contribution is -0.0578. The number of fused-ring (bicyclic) bond motifs is 3. The smallest absolute Gasteiger partial charge is 0.375 e. The molecule has 0 spiro atoms. The van der Waals surface area contributed by atoms with Gasteiger partial charge in [0.2, 0.25) is 0 Å². The number of ether oxygens (including phenoxy) is 1. The zero-order valence-electron chi connectivity index (χ0n) is 15.6. The Bertz CT molecular complexity index is 1030. The molecule has 3 aliphatic heterocycles. The van der Waals surface area contributed by atoms with Crippen molar-refractivity contribution in [3.05, 3.63) is 36.2 Å². The fourth-order valence-electron chi connectivity index (χ4n) is 4.40. The predicted octanol–water partition coefficient (Wildman–Crippen LogP) is 4.04. The van der Waals surface area contributed by atoms with E-state index >= 15 is 0 Å². The third-order valence-electron chi connectivity index (χ3n) is 5.75. The van der Waals surface area contributed by atoms with Crippen molar-refractivity contribution in [1.29, 1.82) is 0 Å². The molecule has 2 unspecified atom stereocenters. The Morgan fingerprint density at radius 1 is 1.21 bits per heavy atom. The molecule has 29 heavy (non-hydrogen) atoms. The predicted molar refractivity (Wildman–Crippen MR) is 104 cm³/mol. The quantitative estimate of drug-likeness (QED) is 0.811. The molecule has 2 fully saturated rings. The van der Waals surface area contributed by atoms with E-state index < -0.39 is 11.9 Å². The van der Waals surface area contributed by atoms with Crippen LogP contribution in [0.5, 0.6) is 0 Å². The summed E-state index contributed by atoms with van der Waals surface area (Å²) in [6.45, 7) is 3.78. The summed E-state index contributed by atoms with van der Waals surface area (Å²) >= 11 is 0. The summed E-state index contributed by atoms with van der Waals surface area (Å²) in [5.74, 6) is 0.613. The Morgan fingerprint density at radius 2 is 1.97 bits per heavy atom. The third-order valence-corrected chi connectivity index (χ3v) is 5.75. The van der Waals surface area contributed by atoms with Crippen LogP contribution in [-0.4, -0.2) is 51.9 Å². The van der Waals surface area contributed by atoms with Crippen molar-refractivity contribution in [1.82, 2.24) is 15.2 Å². The van der Waals surface area contributed by atoms with Gasteiger partial charge in [0.15, 0.2) is 0 Å². The molecule has 5 heterocycles. The van der Waals surface area contributed by atoms with Gasteiger partial charge in [-0.15, -0.1) is 0 Å². The maximum Gasteiger partial charge on any atom is 0.432 e. The lowest BCUT2D eigenvalue weighted by Gasteiger charge is -2.29. The van der Waals surface area contributed by atoms with Crippen LogP contribution in [-0.2, 0) is 4.74 Å². The molecule has 0 aromatic carbocycles. The van der Waals surface area contributed by atoms with Gasteiger partial charge < -0.3 is 10.1 Å². The number of dihydropyridines is 1. The van der Waals surface area contributed by atoms with Gasteiger partial charge in [0, 0.05) is 17.8 Å². The molecule has 2 aromatic rings. The van der Waals surface area contributed by atoms with Crippen LogP contribution < -0.4 is 5.32 Å². The van der Waals surface area contributed by atoms with Crippen LogP contribution in [0.4, 0.5) is 19.0 Å². The van der Waals surface area contributed by atoms with Crippen molar-refractivity contribution in [2.45, 2.75) is 50.1 Å². The monoisotopic (exact) mass is 403 g/mol. The number of nitrogens with zero attached hydrogens (tertiary/aromatic N) is 3. The molecule has 3 aliphatic rings. The first kappa shape index (κ1) is 18.4. The molecule has 0 amide bonds. The number of halogens is 3. The first-order chi connectivity index (χ1) is 13.9. The summed E-state index contributed by atoms with van der Waals surface area (Å²) < 4.78 is 45.5. The number of aromatic amines is 1. The Balaban J connectivity index is 1.53. The Kier molecular flexibility index (Phi) is 4.23. The number of allylic oxidation sites excluding steroid dienone is 1. The van der Waals surface area contributed by atoms with Gasteiger partial charge in [-0.3, -0.25) is 10.1 Å². The van der Waals surface area contributed by atoms with Crippen molar-refractivity contribution < 1.29 is 17.9 Å². The molecule has 0 aliphatic carbocycles. The van der Waals surface area contributed by atoms with Crippen LogP contribution in [0.15, 0.2) is 35.5 Å². The highest BCUT2D eigenvalue weighted by atomic mass is 19.4. The molecule has 5 rings (SSSR count). The number of H-pyrrole nitrogens is 1. The van der Waals surface area contributed by atoms with E-state index in [1.807, 2.05) is 0 Å². The van der Waals surface area contributed by atoms with Gasteiger partial charge in [0.1, 0.15) is 17.2 Å². The second kappa shape index (κ2) is 6.69. The Labute approximate surface area is 164 Å². The van der Waals surface area contributed by atoms with Crippen LogP contribution in [0.3, 0.4) is 0 Å². The van der Waals surface area contributed by atoms with E-state index in [-0.39, 0.29) is 24.8 Å². The van der Waals surface area contributed by atoms with Crippen LogP contribution >= 0.6 is 0 Å². The first-order valence-electron chi connectivity index (χ1n) is 9.65. The molecule has 2 aromatic heterocycles. The number of hydrogen-bond donors (Lipinski definition) is 2. The molecular weight excluding hydrogens is 383 g/mol. The van der Waals surface area contributed by atoms with E-state index in [4.69, 9.17) is 4.74 Å². The number of alkyl halides is 3. The Hall–Kier alpha value is -2.68. The average Bonchev–Trinajstić information content (AvgIpc) is 3.25. The molecule has 6 nitrogen and oxygen atoms in total. The van der Waals surface area contributed by atoms with Gasteiger partial charge in [0.05, 0.1) is 29.7 Å². The van der Waals surface area contributed by atoms with Crippen LogP contribution in [0.2, 0.25) is 0 Å². The molecule has 0 saturated carbocycles. The highest BCUT2D eigenvalue weighted by molar-refractivity contribution is 6.11. The van der Waals surface area contributed by atoms with E-state index in [1.165, 1.54) is 0 Å². The van der Waals surface area contributed by atoms with Crippen molar-refractivity contribution in [3.63, 3.8) is 0 Å². The van der Waals surface area contributed by atoms with Crippen LogP contribution in [0, 0.1) is 0 Å². The zero-order chi connectivity index (χ0) is 20.2. The second-order valence-corrected chi connectivity index (χ2v) is 7.79. The summed E-state index contributed by atoms with van der Waals surface area (Å²) in [7, 11) is 0. The maximum atomic E-state index is 13.2. The highest BCUT2D eigenvalue weighted by Crippen LogP contribution is 2.37. The fraction of sp³-hybridized carbons (Fsp3) is 0.450. The van der Waals surface area contributed by atoms with Gasteiger partial charge in [0.25, 0.3) is 0 Å². The zero-order valence-corrected chi connectivity index (χ0v) is 15.6. The number of rotatable bonds is 3. The van der Waals surface area contributed by atoms with Crippen LogP contribution in [0.1, 0.15) is 31.4 Å². The number of pyridine rings is 1. The summed E-state index contributed by atoms with van der Waals surface area (Å²) in [6, 6.07) is 1.97. The van der Waals surface area contributed by atoms with E-state index in [1.54, 1.807) is 12.3 Å². The number of nitrogens with one attached hydrogen (secondary N) is 2. The maximum absolute atomic E-state index is 13.2. The van der Waals surface area contributed by atoms with E-state index in [9.17, 15) is 13.2 Å². The topological polar surface area (TPSA) is 75.2 Å². The summed E-state index contributed by atoms with van der Waals surface area (Å²) in [6.07, 6.45) is 2.62. The molecular formula is C20H20F3N5O. The summed E-state index contributed by atoms with van der Waals surface area (Å²) in [5, 5.41) is 11.4. The van der Waals surface area contributed by atoms with E-state index in [0.29, 0.717) is 33.6 Å². The van der Waals surface area contributed by atoms with E-state index in [0.717, 1.165) is 31.8 Å². The molecule has 0 radical (unpaired) electrons. The largest absolute Gasteiger partial charge is 0.432 e. The SMILES string of the molecule is C=C1CN=C(C(F)(F)F)C=C1c1n[nH]c2ccnc(NC3CC4CCC(C3)O4)c12. The van der Waals surface area contributed by atoms with Crippen molar-refractivity contribution >= 4 is 28.0 Å². The lowest BCUT2D eigenvalue weighted by Crippen LogP contribution is -2.34. The molecule has 2 saturated heterocycles. The molecule has 2 atom stereocenters. The summed E-state index contributed by atoms with van der Waals surface area (Å²) in [4.78, 5) is 8.06. The molecule has 2 bridgehead atoms. The number of anilines is 1. The number of aromatic nitrogens is 3. The van der Waals surface area contributed by atoms with Crippen LogP contribution in [0.25, 0.3) is 16.5 Å². The standard InChI is InChI=1S/C20H20F3N5O/c1-10-9-25-16(20(21,22)23)8-14(10)18-17-15(27-28-18)4-5-24-19(17)26-11-6-12-2-3-13(7-11)29-12/h4-5,8,11-13H,1-3,6-7,9H2,(H,24,26)(H,27,28). The molecule has 9 heteroatoms. The third kappa shape index (κ3) is 3.33. The van der Waals surface area contributed by atoms with Gasteiger partial charge in [-0.2, -0.15) is 18.3 Å². The second-order valence-electron chi connectivity index (χ2n) is 7.79. The van der Waals surface area contributed by atoms with Crippen molar-refractivity contribution in [2.75, 3.05) is 11.9 Å². The van der Waals surface area contributed by atoms with Gasteiger partial charge in [-0.05, 0) is 43.4 Å². The van der Waals surface area contributed by atoms with Gasteiger partial charge in [-0.1, -0.05) is 6.58 Å². The van der Waals surface area contributed by atoms with Crippen molar-refractivity contribution in [2.24, 2.45) is 4.99 Å². The van der Waals surface area contributed by atoms with Crippen molar-refractivity contribution in [3.8, 4) is 0 Å². The summed E-state index contributed by atoms with van der Waals surface area (Å²) in [5.41, 5.74) is 1.02.